The van der Waals surface area contributed by atoms with Crippen LogP contribution in [0.5, 0.6) is 5.75 Å². The van der Waals surface area contributed by atoms with Crippen LogP contribution in [-0.4, -0.2) is 49.7 Å². The van der Waals surface area contributed by atoms with Crippen molar-refractivity contribution in [1.82, 2.24) is 4.90 Å². The Morgan fingerprint density at radius 2 is 2.00 bits per heavy atom. The van der Waals surface area contributed by atoms with Gasteiger partial charge in [0, 0.05) is 20.0 Å². The van der Waals surface area contributed by atoms with E-state index in [0.717, 1.165) is 0 Å². The molecule has 0 aliphatic carbocycles. The Labute approximate surface area is 131 Å². The summed E-state index contributed by atoms with van der Waals surface area (Å²) in [6.45, 7) is 3.04. The standard InChI is InChI=1S/C15H23NO5S/c1-6-13(11-8-7-9-12(10-11)21-5)15(2,22(18,19)20)14(17)16(3)4/h7-10,13H,6H2,1-5H3,(H,18,19,20). The van der Waals surface area contributed by atoms with Crippen molar-refractivity contribution >= 4 is 16.0 Å². The third-order valence-electron chi connectivity index (χ3n) is 3.94. The zero-order valence-electron chi connectivity index (χ0n) is 13.5. The van der Waals surface area contributed by atoms with Gasteiger partial charge in [-0.05, 0) is 31.0 Å². The van der Waals surface area contributed by atoms with Gasteiger partial charge in [-0.25, -0.2) is 0 Å². The van der Waals surface area contributed by atoms with E-state index in [2.05, 4.69) is 0 Å². The summed E-state index contributed by atoms with van der Waals surface area (Å²) in [6, 6.07) is 6.86. The maximum absolute atomic E-state index is 12.5. The van der Waals surface area contributed by atoms with Crippen LogP contribution < -0.4 is 4.74 Å². The first-order valence-corrected chi connectivity index (χ1v) is 8.36. The molecule has 0 spiro atoms. The lowest BCUT2D eigenvalue weighted by Crippen LogP contribution is -2.53. The molecule has 0 aliphatic rings. The molecule has 1 aromatic rings. The van der Waals surface area contributed by atoms with Gasteiger partial charge >= 0.3 is 0 Å². The fourth-order valence-corrected chi connectivity index (χ4v) is 3.75. The largest absolute Gasteiger partial charge is 0.497 e. The van der Waals surface area contributed by atoms with E-state index in [0.29, 0.717) is 17.7 Å². The SMILES string of the molecule is CCC(c1cccc(OC)c1)C(C)(C(=O)N(C)C)S(=O)(=O)O. The Morgan fingerprint density at radius 3 is 2.41 bits per heavy atom. The molecule has 2 unspecified atom stereocenters. The van der Waals surface area contributed by atoms with Crippen molar-refractivity contribution in [2.45, 2.75) is 30.9 Å². The van der Waals surface area contributed by atoms with E-state index in [4.69, 9.17) is 4.74 Å². The number of rotatable bonds is 6. The van der Waals surface area contributed by atoms with Crippen molar-refractivity contribution in [1.29, 1.82) is 0 Å². The quantitative estimate of drug-likeness (QED) is 0.806. The third-order valence-corrected chi connectivity index (χ3v) is 5.47. The number of amides is 1. The molecular weight excluding hydrogens is 306 g/mol. The van der Waals surface area contributed by atoms with E-state index in [9.17, 15) is 17.8 Å². The lowest BCUT2D eigenvalue weighted by Gasteiger charge is -2.35. The Balaban J connectivity index is 3.53. The molecule has 2 atom stereocenters. The molecule has 0 aromatic heterocycles. The highest BCUT2D eigenvalue weighted by molar-refractivity contribution is 7.88. The first-order valence-electron chi connectivity index (χ1n) is 6.92. The van der Waals surface area contributed by atoms with Gasteiger partial charge in [0.05, 0.1) is 7.11 Å². The molecule has 0 heterocycles. The first kappa shape index (κ1) is 18.4. The number of hydrogen-bond donors (Lipinski definition) is 1. The number of carbonyl (C=O) groups is 1. The zero-order valence-corrected chi connectivity index (χ0v) is 14.3. The minimum Gasteiger partial charge on any atom is -0.497 e. The molecule has 124 valence electrons. The topological polar surface area (TPSA) is 83.9 Å². The lowest BCUT2D eigenvalue weighted by molar-refractivity contribution is -0.131. The maximum atomic E-state index is 12.5. The second-order valence-electron chi connectivity index (χ2n) is 5.52. The van der Waals surface area contributed by atoms with Gasteiger partial charge in [-0.1, -0.05) is 19.1 Å². The van der Waals surface area contributed by atoms with Gasteiger partial charge in [0.2, 0.25) is 5.91 Å². The number of hydrogen-bond acceptors (Lipinski definition) is 4. The Morgan fingerprint density at radius 1 is 1.41 bits per heavy atom. The van der Waals surface area contributed by atoms with Crippen molar-refractivity contribution in [3.8, 4) is 5.75 Å². The highest BCUT2D eigenvalue weighted by atomic mass is 32.2. The van der Waals surface area contributed by atoms with Crippen molar-refractivity contribution in [2.24, 2.45) is 0 Å². The van der Waals surface area contributed by atoms with Gasteiger partial charge in [-0.2, -0.15) is 8.42 Å². The van der Waals surface area contributed by atoms with Gasteiger partial charge in [-0.15, -0.1) is 0 Å². The Bertz CT molecular complexity index is 641. The molecule has 0 fully saturated rings. The van der Waals surface area contributed by atoms with Crippen molar-refractivity contribution in [3.05, 3.63) is 29.8 Å². The lowest BCUT2D eigenvalue weighted by atomic mass is 9.83. The van der Waals surface area contributed by atoms with Crippen molar-refractivity contribution in [3.63, 3.8) is 0 Å². The summed E-state index contributed by atoms with van der Waals surface area (Å²) in [7, 11) is -0.188. The van der Waals surface area contributed by atoms with Crippen LogP contribution in [0, 0.1) is 0 Å². The molecular formula is C15H23NO5S. The van der Waals surface area contributed by atoms with Crippen molar-refractivity contribution in [2.75, 3.05) is 21.2 Å². The number of methoxy groups -OCH3 is 1. The number of ether oxygens (including phenoxy) is 1. The average Bonchev–Trinajstić information content (AvgIpc) is 2.45. The van der Waals surface area contributed by atoms with Crippen LogP contribution in [0.3, 0.4) is 0 Å². The van der Waals surface area contributed by atoms with Crippen molar-refractivity contribution < 1.29 is 22.5 Å². The van der Waals surface area contributed by atoms with Gasteiger partial charge in [0.15, 0.2) is 4.75 Å². The highest BCUT2D eigenvalue weighted by Crippen LogP contribution is 2.39. The highest BCUT2D eigenvalue weighted by Gasteiger charge is 2.52. The minimum atomic E-state index is -4.62. The van der Waals surface area contributed by atoms with E-state index in [1.54, 1.807) is 31.2 Å². The summed E-state index contributed by atoms with van der Waals surface area (Å²) in [4.78, 5) is 13.7. The Hall–Kier alpha value is -1.60. The molecule has 1 N–H and O–H groups in total. The molecule has 1 rings (SSSR count). The summed E-state index contributed by atoms with van der Waals surface area (Å²) >= 11 is 0. The van der Waals surface area contributed by atoms with Crippen LogP contribution in [0.15, 0.2) is 24.3 Å². The molecule has 0 bridgehead atoms. The van der Waals surface area contributed by atoms with Crippen LogP contribution in [-0.2, 0) is 14.9 Å². The van der Waals surface area contributed by atoms with Crippen LogP contribution in [0.2, 0.25) is 0 Å². The second kappa shape index (κ2) is 6.66. The van der Waals surface area contributed by atoms with Crippen LogP contribution >= 0.6 is 0 Å². The van der Waals surface area contributed by atoms with E-state index in [1.165, 1.54) is 33.0 Å². The second-order valence-corrected chi connectivity index (χ2v) is 7.32. The summed E-state index contributed by atoms with van der Waals surface area (Å²) < 4.78 is 36.9. The Kier molecular flexibility index (Phi) is 5.59. The monoisotopic (exact) mass is 329 g/mol. The molecule has 0 aliphatic heterocycles. The van der Waals surface area contributed by atoms with Gasteiger partial charge in [0.25, 0.3) is 10.1 Å². The predicted molar refractivity (Wildman–Crippen MR) is 84.7 cm³/mol. The minimum absolute atomic E-state index is 0.364. The van der Waals surface area contributed by atoms with E-state index in [-0.39, 0.29) is 0 Å². The molecule has 0 saturated heterocycles. The van der Waals surface area contributed by atoms with Gasteiger partial charge < -0.3 is 9.64 Å². The number of nitrogens with zero attached hydrogens (tertiary/aromatic N) is 1. The maximum Gasteiger partial charge on any atom is 0.280 e. The van der Waals surface area contributed by atoms with Crippen LogP contribution in [0.4, 0.5) is 0 Å². The van der Waals surface area contributed by atoms with E-state index in [1.807, 2.05) is 0 Å². The fourth-order valence-electron chi connectivity index (χ4n) is 2.68. The molecule has 22 heavy (non-hydrogen) atoms. The normalized spacial score (nSPS) is 15.7. The molecule has 0 saturated carbocycles. The summed E-state index contributed by atoms with van der Waals surface area (Å²) in [5, 5.41) is 0. The molecule has 0 radical (unpaired) electrons. The average molecular weight is 329 g/mol. The number of benzene rings is 1. The summed E-state index contributed by atoms with van der Waals surface area (Å²) in [6.07, 6.45) is 0.364. The molecule has 1 aromatic carbocycles. The van der Waals surface area contributed by atoms with Crippen LogP contribution in [0.25, 0.3) is 0 Å². The summed E-state index contributed by atoms with van der Waals surface area (Å²) in [5.74, 6) is -0.803. The van der Waals surface area contributed by atoms with Gasteiger partial charge in [-0.3, -0.25) is 9.35 Å². The number of carbonyl (C=O) groups excluding carboxylic acids is 1. The van der Waals surface area contributed by atoms with E-state index >= 15 is 0 Å². The molecule has 7 heteroatoms. The molecule has 6 nitrogen and oxygen atoms in total. The zero-order chi connectivity index (χ0) is 17.1. The van der Waals surface area contributed by atoms with E-state index < -0.39 is 26.7 Å². The fraction of sp³-hybridized carbons (Fsp3) is 0.533. The summed E-state index contributed by atoms with van der Waals surface area (Å²) in [5.41, 5.74) is 0.622. The predicted octanol–water partition coefficient (Wildman–Crippen LogP) is 1.92. The first-order chi connectivity index (χ1) is 10.1. The molecule has 1 amide bonds. The third kappa shape index (κ3) is 3.25. The smallest absolute Gasteiger partial charge is 0.280 e. The van der Waals surface area contributed by atoms with Gasteiger partial charge in [0.1, 0.15) is 5.75 Å². The van der Waals surface area contributed by atoms with Crippen LogP contribution in [0.1, 0.15) is 31.7 Å².